The summed E-state index contributed by atoms with van der Waals surface area (Å²) in [6.45, 7) is 9.95. The van der Waals surface area contributed by atoms with Crippen LogP contribution in [0.2, 0.25) is 0 Å². The van der Waals surface area contributed by atoms with E-state index in [4.69, 9.17) is 0 Å². The third-order valence-electron chi connectivity index (χ3n) is 5.18. The van der Waals surface area contributed by atoms with Crippen LogP contribution in [0, 0.1) is 27.7 Å². The molecule has 1 aliphatic rings. The molecule has 1 fully saturated rings. The largest absolute Gasteiger partial charge is 0.473 e. The van der Waals surface area contributed by atoms with Crippen LogP contribution in [-0.4, -0.2) is 30.6 Å². The van der Waals surface area contributed by atoms with Crippen molar-refractivity contribution in [2.24, 2.45) is 4.99 Å². The molecular formula is C22H24F3N3O. The highest BCUT2D eigenvalue weighted by molar-refractivity contribution is 6.15. The fraction of sp³-hybridized carbons (Fsp3) is 0.364. The Labute approximate surface area is 168 Å². The first-order valence-corrected chi connectivity index (χ1v) is 9.41. The van der Waals surface area contributed by atoms with Crippen molar-refractivity contribution in [3.05, 3.63) is 58.7 Å². The average Bonchev–Trinajstić information content (AvgIpc) is 2.90. The van der Waals surface area contributed by atoms with Gasteiger partial charge < -0.3 is 9.80 Å². The summed E-state index contributed by atoms with van der Waals surface area (Å²) in [6.07, 6.45) is -5.03. The van der Waals surface area contributed by atoms with E-state index in [2.05, 4.69) is 4.99 Å². The molecule has 1 unspecified atom stereocenters. The van der Waals surface area contributed by atoms with Gasteiger partial charge in [-0.15, -0.1) is 0 Å². The van der Waals surface area contributed by atoms with Gasteiger partial charge in [-0.25, -0.2) is 0 Å². The quantitative estimate of drug-likeness (QED) is 0.702. The normalized spacial score (nSPS) is 18.6. The zero-order valence-corrected chi connectivity index (χ0v) is 17.1. The molecule has 7 heteroatoms. The number of aliphatic imine (C=N–C) groups is 1. The highest BCUT2D eigenvalue weighted by atomic mass is 19.4. The minimum absolute atomic E-state index is 0.00891. The van der Waals surface area contributed by atoms with Gasteiger partial charge in [0.05, 0.1) is 6.04 Å². The zero-order chi connectivity index (χ0) is 21.5. The second kappa shape index (κ2) is 7.54. The number of halogens is 3. The fourth-order valence-corrected chi connectivity index (χ4v) is 3.95. The van der Waals surface area contributed by atoms with E-state index in [1.54, 1.807) is 9.80 Å². The molecule has 0 bridgehead atoms. The van der Waals surface area contributed by atoms with Gasteiger partial charge in [-0.2, -0.15) is 18.2 Å². The first-order chi connectivity index (χ1) is 13.5. The lowest BCUT2D eigenvalue weighted by molar-refractivity contribution is -0.169. The first kappa shape index (κ1) is 20.9. The predicted octanol–water partition coefficient (Wildman–Crippen LogP) is 5.08. The number of nitrogens with zero attached hydrogens (tertiary/aromatic N) is 3. The average molecular weight is 403 g/mol. The molecule has 4 nitrogen and oxygen atoms in total. The molecule has 1 amide bonds. The van der Waals surface area contributed by atoms with Crippen LogP contribution in [0.5, 0.6) is 0 Å². The van der Waals surface area contributed by atoms with Gasteiger partial charge in [0.1, 0.15) is 0 Å². The number of guanidine groups is 1. The summed E-state index contributed by atoms with van der Waals surface area (Å²) >= 11 is 0. The Balaban J connectivity index is 2.24. The Kier molecular flexibility index (Phi) is 5.43. The maximum Gasteiger partial charge on any atom is 0.473 e. The van der Waals surface area contributed by atoms with Crippen LogP contribution < -0.4 is 9.80 Å². The van der Waals surface area contributed by atoms with Crippen molar-refractivity contribution in [2.45, 2.75) is 46.8 Å². The van der Waals surface area contributed by atoms with Crippen LogP contribution in [0.1, 0.15) is 29.2 Å². The molecule has 0 saturated carbocycles. The van der Waals surface area contributed by atoms with Crippen molar-refractivity contribution in [1.29, 1.82) is 0 Å². The summed E-state index contributed by atoms with van der Waals surface area (Å²) in [4.78, 5) is 18.9. The van der Waals surface area contributed by atoms with Crippen LogP contribution in [-0.2, 0) is 4.79 Å². The van der Waals surface area contributed by atoms with E-state index < -0.39 is 12.1 Å². The smallest absolute Gasteiger partial charge is 0.309 e. The van der Waals surface area contributed by atoms with E-state index in [-0.39, 0.29) is 12.0 Å². The summed E-state index contributed by atoms with van der Waals surface area (Å²) in [6, 6.07) is 11.2. The molecule has 0 N–H and O–H groups in total. The lowest BCUT2D eigenvalue weighted by Gasteiger charge is -2.29. The standard InChI is InChI=1S/C22H24F3N3O/c1-13-8-6-9-14(2)18(13)27-12-17(5)28(19-15(3)10-7-11-16(19)4)21(27)26-20(29)22(23,24)25/h6-11,17H,12H2,1-5H3. The van der Waals surface area contributed by atoms with E-state index in [1.807, 2.05) is 71.0 Å². The number of amides is 1. The van der Waals surface area contributed by atoms with Crippen molar-refractivity contribution < 1.29 is 18.0 Å². The Hall–Kier alpha value is -2.83. The van der Waals surface area contributed by atoms with Crippen LogP contribution in [0.15, 0.2) is 41.4 Å². The summed E-state index contributed by atoms with van der Waals surface area (Å²) in [5, 5.41) is 0. The van der Waals surface area contributed by atoms with Crippen LogP contribution in [0.25, 0.3) is 0 Å². The number of para-hydroxylation sites is 2. The molecule has 1 atom stereocenters. The molecule has 2 aromatic carbocycles. The van der Waals surface area contributed by atoms with Crippen molar-refractivity contribution in [3.63, 3.8) is 0 Å². The number of alkyl halides is 3. The minimum atomic E-state index is -5.03. The third kappa shape index (κ3) is 3.86. The van der Waals surface area contributed by atoms with E-state index in [0.29, 0.717) is 6.54 Å². The van der Waals surface area contributed by atoms with Gasteiger partial charge in [-0.1, -0.05) is 36.4 Å². The van der Waals surface area contributed by atoms with Crippen molar-refractivity contribution >= 4 is 23.2 Å². The molecule has 0 aliphatic carbocycles. The number of anilines is 2. The second-order valence-electron chi connectivity index (χ2n) is 7.53. The van der Waals surface area contributed by atoms with Crippen molar-refractivity contribution in [3.8, 4) is 0 Å². The number of carbonyl (C=O) groups excluding carboxylic acids is 1. The number of hydrogen-bond acceptors (Lipinski definition) is 1. The molecule has 29 heavy (non-hydrogen) atoms. The van der Waals surface area contributed by atoms with E-state index in [9.17, 15) is 18.0 Å². The molecule has 0 aromatic heterocycles. The van der Waals surface area contributed by atoms with E-state index in [0.717, 1.165) is 33.6 Å². The summed E-state index contributed by atoms with van der Waals surface area (Å²) < 4.78 is 39.2. The molecule has 0 radical (unpaired) electrons. The fourth-order valence-electron chi connectivity index (χ4n) is 3.95. The summed E-state index contributed by atoms with van der Waals surface area (Å²) in [5.74, 6) is -2.09. The maximum absolute atomic E-state index is 13.1. The minimum Gasteiger partial charge on any atom is -0.309 e. The number of hydrogen-bond donors (Lipinski definition) is 0. The van der Waals surface area contributed by atoms with Gasteiger partial charge in [0, 0.05) is 17.9 Å². The summed E-state index contributed by atoms with van der Waals surface area (Å²) in [5.41, 5.74) is 5.20. The van der Waals surface area contributed by atoms with Gasteiger partial charge >= 0.3 is 12.1 Å². The number of benzene rings is 2. The van der Waals surface area contributed by atoms with Crippen LogP contribution >= 0.6 is 0 Å². The molecule has 3 rings (SSSR count). The van der Waals surface area contributed by atoms with E-state index >= 15 is 0 Å². The molecule has 2 aromatic rings. The van der Waals surface area contributed by atoms with Crippen LogP contribution in [0.3, 0.4) is 0 Å². The lowest BCUT2D eigenvalue weighted by atomic mass is 10.1. The lowest BCUT2D eigenvalue weighted by Crippen LogP contribution is -2.39. The van der Waals surface area contributed by atoms with Gasteiger partial charge in [0.25, 0.3) is 0 Å². The monoisotopic (exact) mass is 403 g/mol. The number of carbonyl (C=O) groups is 1. The summed E-state index contributed by atoms with van der Waals surface area (Å²) in [7, 11) is 0. The maximum atomic E-state index is 13.1. The molecule has 0 spiro atoms. The van der Waals surface area contributed by atoms with Gasteiger partial charge in [-0.3, -0.25) is 4.79 Å². The predicted molar refractivity (Wildman–Crippen MR) is 110 cm³/mol. The molecule has 1 aliphatic heterocycles. The highest BCUT2D eigenvalue weighted by Crippen LogP contribution is 2.36. The zero-order valence-electron chi connectivity index (χ0n) is 17.1. The Morgan fingerprint density at radius 2 is 1.38 bits per heavy atom. The van der Waals surface area contributed by atoms with Crippen molar-refractivity contribution in [1.82, 2.24) is 0 Å². The molecular weight excluding hydrogens is 379 g/mol. The van der Waals surface area contributed by atoms with E-state index in [1.165, 1.54) is 0 Å². The third-order valence-corrected chi connectivity index (χ3v) is 5.18. The van der Waals surface area contributed by atoms with Gasteiger partial charge in [-0.05, 0) is 56.9 Å². The van der Waals surface area contributed by atoms with Crippen molar-refractivity contribution in [2.75, 3.05) is 16.3 Å². The number of aryl methyl sites for hydroxylation is 4. The van der Waals surface area contributed by atoms with Gasteiger partial charge in [0.15, 0.2) is 0 Å². The molecule has 1 heterocycles. The number of rotatable bonds is 2. The Bertz CT molecular complexity index is 941. The SMILES string of the molecule is Cc1cccc(C)c1N1CC(C)N(c2c(C)cccc2C)C1=NC(=O)C(F)(F)F. The topological polar surface area (TPSA) is 35.9 Å². The Morgan fingerprint density at radius 3 is 1.83 bits per heavy atom. The first-order valence-electron chi connectivity index (χ1n) is 9.41. The second-order valence-corrected chi connectivity index (χ2v) is 7.53. The molecule has 1 saturated heterocycles. The Morgan fingerprint density at radius 1 is 0.931 bits per heavy atom. The highest BCUT2D eigenvalue weighted by Gasteiger charge is 2.43. The van der Waals surface area contributed by atoms with Gasteiger partial charge in [0.2, 0.25) is 5.96 Å². The molecule has 154 valence electrons. The van der Waals surface area contributed by atoms with Crippen LogP contribution in [0.4, 0.5) is 24.5 Å².